The third kappa shape index (κ3) is 3.66. The Morgan fingerprint density at radius 1 is 1.47 bits per heavy atom. The average molecular weight is 262 g/mol. The molecule has 1 aromatic heterocycles. The highest BCUT2D eigenvalue weighted by Crippen LogP contribution is 2.32. The molecule has 1 heterocycles. The van der Waals surface area contributed by atoms with Crippen molar-refractivity contribution >= 4 is 11.9 Å². The largest absolute Gasteiger partial charge is 0.359 e. The van der Waals surface area contributed by atoms with Crippen molar-refractivity contribution in [3.05, 3.63) is 18.0 Å². The summed E-state index contributed by atoms with van der Waals surface area (Å²) >= 11 is 0. The Labute approximate surface area is 114 Å². The van der Waals surface area contributed by atoms with E-state index >= 15 is 0 Å². The average Bonchev–Trinajstić information content (AvgIpc) is 2.98. The Balaban J connectivity index is 1.93. The molecule has 1 aromatic rings. The molecule has 19 heavy (non-hydrogen) atoms. The number of carbonyl (C=O) groups excluding carboxylic acids is 1. The van der Waals surface area contributed by atoms with Crippen LogP contribution in [0.3, 0.4) is 0 Å². The van der Waals surface area contributed by atoms with Gasteiger partial charge in [-0.25, -0.2) is 9.97 Å². The Morgan fingerprint density at radius 3 is 2.89 bits per heavy atom. The molecule has 1 amide bonds. The van der Waals surface area contributed by atoms with Crippen LogP contribution in [-0.2, 0) is 4.79 Å². The van der Waals surface area contributed by atoms with Crippen molar-refractivity contribution in [3.8, 4) is 0 Å². The molecule has 5 heteroatoms. The summed E-state index contributed by atoms with van der Waals surface area (Å²) in [4.78, 5) is 20.2. The van der Waals surface area contributed by atoms with Crippen molar-refractivity contribution in [2.45, 2.75) is 38.5 Å². The predicted molar refractivity (Wildman–Crippen MR) is 75.0 cm³/mol. The second kappa shape index (κ2) is 6.50. The van der Waals surface area contributed by atoms with Crippen LogP contribution in [0.4, 0.5) is 5.95 Å². The first-order valence-corrected chi connectivity index (χ1v) is 6.99. The van der Waals surface area contributed by atoms with E-state index in [2.05, 4.69) is 20.6 Å². The van der Waals surface area contributed by atoms with Crippen LogP contribution in [0.25, 0.3) is 0 Å². The van der Waals surface area contributed by atoms with Crippen molar-refractivity contribution in [1.29, 1.82) is 0 Å². The summed E-state index contributed by atoms with van der Waals surface area (Å²) in [6, 6.07) is 2.00. The number of hydrogen-bond donors (Lipinski definition) is 2. The maximum Gasteiger partial charge on any atom is 0.224 e. The molecular formula is C14H22N4O. The molecule has 0 spiro atoms. The highest BCUT2D eigenvalue weighted by atomic mass is 16.1. The fourth-order valence-electron chi connectivity index (χ4n) is 2.49. The van der Waals surface area contributed by atoms with Gasteiger partial charge >= 0.3 is 0 Å². The first-order chi connectivity index (χ1) is 9.20. The molecule has 1 atom stereocenters. The highest BCUT2D eigenvalue weighted by Gasteiger charge is 2.19. The second-order valence-electron chi connectivity index (χ2n) is 5.18. The number of rotatable bonds is 5. The van der Waals surface area contributed by atoms with Gasteiger partial charge in [-0.1, -0.05) is 19.8 Å². The van der Waals surface area contributed by atoms with Gasteiger partial charge in [0.15, 0.2) is 0 Å². The van der Waals surface area contributed by atoms with E-state index in [9.17, 15) is 4.79 Å². The summed E-state index contributed by atoms with van der Waals surface area (Å²) < 4.78 is 0. The first kappa shape index (κ1) is 13.8. The number of aromatic nitrogens is 2. The topological polar surface area (TPSA) is 66.9 Å². The quantitative estimate of drug-likeness (QED) is 0.851. The van der Waals surface area contributed by atoms with Crippen LogP contribution in [0.5, 0.6) is 0 Å². The zero-order valence-electron chi connectivity index (χ0n) is 11.6. The molecule has 0 aliphatic heterocycles. The summed E-state index contributed by atoms with van der Waals surface area (Å²) in [5, 5.41) is 5.78. The number of nitrogens with one attached hydrogen (secondary N) is 2. The van der Waals surface area contributed by atoms with Crippen molar-refractivity contribution in [2.75, 3.05) is 18.9 Å². The van der Waals surface area contributed by atoms with Crippen molar-refractivity contribution in [1.82, 2.24) is 15.3 Å². The highest BCUT2D eigenvalue weighted by molar-refractivity contribution is 5.78. The molecule has 5 nitrogen and oxygen atoms in total. The minimum atomic E-state index is -0.0938. The number of carbonyl (C=O) groups is 1. The Bertz CT molecular complexity index is 429. The lowest BCUT2D eigenvalue weighted by atomic mass is 10.0. The van der Waals surface area contributed by atoms with E-state index in [-0.39, 0.29) is 11.8 Å². The normalized spacial score (nSPS) is 17.2. The monoisotopic (exact) mass is 262 g/mol. The molecule has 2 N–H and O–H groups in total. The van der Waals surface area contributed by atoms with Gasteiger partial charge in [-0.2, -0.15) is 0 Å². The fraction of sp³-hybridized carbons (Fsp3) is 0.643. The van der Waals surface area contributed by atoms with Crippen LogP contribution in [0, 0.1) is 5.92 Å². The Kier molecular flexibility index (Phi) is 4.71. The molecule has 0 radical (unpaired) electrons. The van der Waals surface area contributed by atoms with Gasteiger partial charge in [0.25, 0.3) is 0 Å². The molecule has 1 saturated carbocycles. The summed E-state index contributed by atoms with van der Waals surface area (Å²) in [7, 11) is 1.65. The summed E-state index contributed by atoms with van der Waals surface area (Å²) in [6.45, 7) is 2.43. The lowest BCUT2D eigenvalue weighted by Gasteiger charge is -2.13. The lowest BCUT2D eigenvalue weighted by Crippen LogP contribution is -2.30. The maximum absolute atomic E-state index is 11.4. The van der Waals surface area contributed by atoms with Crippen molar-refractivity contribution in [3.63, 3.8) is 0 Å². The van der Waals surface area contributed by atoms with Crippen LogP contribution in [0.1, 0.15) is 44.2 Å². The van der Waals surface area contributed by atoms with Crippen LogP contribution in [-0.4, -0.2) is 29.5 Å². The van der Waals surface area contributed by atoms with Gasteiger partial charge in [0.05, 0.1) is 5.92 Å². The summed E-state index contributed by atoms with van der Waals surface area (Å²) in [5.74, 6) is 1.14. The Morgan fingerprint density at radius 2 is 2.21 bits per heavy atom. The minimum Gasteiger partial charge on any atom is -0.359 e. The van der Waals surface area contributed by atoms with Gasteiger partial charge in [0.1, 0.15) is 0 Å². The second-order valence-corrected chi connectivity index (χ2v) is 5.18. The molecular weight excluding hydrogens is 240 g/mol. The molecule has 0 saturated heterocycles. The predicted octanol–water partition coefficient (Wildman–Crippen LogP) is 1.93. The van der Waals surface area contributed by atoms with E-state index in [0.717, 1.165) is 5.69 Å². The van der Waals surface area contributed by atoms with Crippen molar-refractivity contribution < 1.29 is 4.79 Å². The first-order valence-electron chi connectivity index (χ1n) is 6.99. The summed E-state index contributed by atoms with van der Waals surface area (Å²) in [6.07, 6.45) is 6.85. The van der Waals surface area contributed by atoms with E-state index in [1.54, 1.807) is 13.2 Å². The zero-order chi connectivity index (χ0) is 13.7. The van der Waals surface area contributed by atoms with Crippen LogP contribution in [0.15, 0.2) is 12.3 Å². The van der Waals surface area contributed by atoms with E-state index in [1.807, 2.05) is 13.0 Å². The van der Waals surface area contributed by atoms with Gasteiger partial charge in [0.2, 0.25) is 11.9 Å². The van der Waals surface area contributed by atoms with Gasteiger partial charge in [-0.15, -0.1) is 0 Å². The van der Waals surface area contributed by atoms with Gasteiger partial charge < -0.3 is 10.6 Å². The standard InChI is InChI=1S/C14H22N4O/c1-10(13(19)15-2)9-17-14-16-8-7-12(18-14)11-5-3-4-6-11/h7-8,10-11H,3-6,9H2,1-2H3,(H,15,19)(H,16,17,18)/t10-/m0/s1. The maximum atomic E-state index is 11.4. The van der Waals surface area contributed by atoms with Crippen LogP contribution in [0.2, 0.25) is 0 Å². The smallest absolute Gasteiger partial charge is 0.224 e. The lowest BCUT2D eigenvalue weighted by molar-refractivity contribution is -0.123. The van der Waals surface area contributed by atoms with Crippen LogP contribution < -0.4 is 10.6 Å². The third-order valence-corrected chi connectivity index (χ3v) is 3.71. The Hall–Kier alpha value is -1.65. The van der Waals surface area contributed by atoms with Gasteiger partial charge in [-0.05, 0) is 18.9 Å². The van der Waals surface area contributed by atoms with Gasteiger partial charge in [-0.3, -0.25) is 4.79 Å². The molecule has 0 unspecified atom stereocenters. The van der Waals surface area contributed by atoms with Gasteiger partial charge in [0, 0.05) is 31.4 Å². The van der Waals surface area contributed by atoms with E-state index in [0.29, 0.717) is 18.4 Å². The molecule has 1 aliphatic rings. The van der Waals surface area contributed by atoms with E-state index < -0.39 is 0 Å². The molecule has 2 rings (SSSR count). The number of hydrogen-bond acceptors (Lipinski definition) is 4. The van der Waals surface area contributed by atoms with E-state index in [1.165, 1.54) is 25.7 Å². The van der Waals surface area contributed by atoms with Crippen molar-refractivity contribution in [2.24, 2.45) is 5.92 Å². The molecule has 0 bridgehead atoms. The third-order valence-electron chi connectivity index (χ3n) is 3.71. The SMILES string of the molecule is CNC(=O)[C@@H](C)CNc1nccc(C2CCCC2)n1. The van der Waals surface area contributed by atoms with Crippen LogP contribution >= 0.6 is 0 Å². The molecule has 1 fully saturated rings. The fourth-order valence-corrected chi connectivity index (χ4v) is 2.49. The van der Waals surface area contributed by atoms with E-state index in [4.69, 9.17) is 0 Å². The number of anilines is 1. The zero-order valence-corrected chi connectivity index (χ0v) is 11.6. The molecule has 1 aliphatic carbocycles. The molecule has 104 valence electrons. The number of amides is 1. The number of nitrogens with zero attached hydrogens (tertiary/aromatic N) is 2. The molecule has 0 aromatic carbocycles. The summed E-state index contributed by atoms with van der Waals surface area (Å²) in [5.41, 5.74) is 1.13. The minimum absolute atomic E-state index is 0.0273.